The molecule has 0 aliphatic carbocycles. The van der Waals surface area contributed by atoms with Crippen LogP contribution < -0.4 is 0 Å². The lowest BCUT2D eigenvalue weighted by Crippen LogP contribution is -2.32. The third-order valence-corrected chi connectivity index (χ3v) is 7.48. The highest BCUT2D eigenvalue weighted by atomic mass is 79.9. The van der Waals surface area contributed by atoms with Gasteiger partial charge in [-0.2, -0.15) is 0 Å². The first-order valence-corrected chi connectivity index (χ1v) is 10.0. The summed E-state index contributed by atoms with van der Waals surface area (Å²) in [5.41, 5.74) is 1.34. The van der Waals surface area contributed by atoms with Gasteiger partial charge >= 0.3 is 0 Å². The van der Waals surface area contributed by atoms with Crippen LogP contribution in [0.2, 0.25) is 5.02 Å². The Labute approximate surface area is 147 Å². The molecule has 1 heterocycles. The Balaban J connectivity index is 2.37. The Morgan fingerprint density at radius 2 is 1.68 bits per heavy atom. The van der Waals surface area contributed by atoms with Crippen LogP contribution in [0.15, 0.2) is 40.2 Å². The molecule has 0 saturated carbocycles. The van der Waals surface area contributed by atoms with Crippen LogP contribution in [0.4, 0.5) is 0 Å². The minimum atomic E-state index is 0.0396. The van der Waals surface area contributed by atoms with Crippen molar-refractivity contribution in [1.82, 2.24) is 0 Å². The molecule has 1 aromatic carbocycles. The molecule has 0 bridgehead atoms. The predicted molar refractivity (Wildman–Crippen MR) is 96.4 cm³/mol. The van der Waals surface area contributed by atoms with E-state index in [9.17, 15) is 0 Å². The van der Waals surface area contributed by atoms with Crippen LogP contribution in [0.5, 0.6) is 0 Å². The van der Waals surface area contributed by atoms with E-state index in [0.29, 0.717) is 0 Å². The van der Waals surface area contributed by atoms with Crippen molar-refractivity contribution in [3.63, 3.8) is 0 Å². The first-order valence-electron chi connectivity index (χ1n) is 5.71. The monoisotopic (exact) mass is 484 g/mol. The maximum absolute atomic E-state index is 5.99. The zero-order chi connectivity index (χ0) is 13.9. The lowest BCUT2D eigenvalue weighted by atomic mass is 9.81. The van der Waals surface area contributed by atoms with Crippen LogP contribution in [-0.2, 0) is 11.8 Å². The number of thiophene rings is 1. The van der Waals surface area contributed by atoms with Gasteiger partial charge in [0.05, 0.1) is 0 Å². The minimum absolute atomic E-state index is 0.0396. The number of hydrogen-bond acceptors (Lipinski definition) is 1. The number of alkyl halides is 2. The predicted octanol–water partition coefficient (Wildman–Crippen LogP) is 6.43. The Hall–Kier alpha value is 0.650. The molecule has 0 unspecified atom stereocenters. The average Bonchev–Trinajstić information content (AvgIpc) is 2.82. The molecule has 0 saturated heterocycles. The summed E-state index contributed by atoms with van der Waals surface area (Å²) in [5.74, 6) is 0. The van der Waals surface area contributed by atoms with E-state index in [4.69, 9.17) is 11.6 Å². The second-order valence-electron chi connectivity index (χ2n) is 4.42. The van der Waals surface area contributed by atoms with Gasteiger partial charge < -0.3 is 0 Å². The van der Waals surface area contributed by atoms with Crippen molar-refractivity contribution in [2.24, 2.45) is 0 Å². The Bertz CT molecular complexity index is 532. The van der Waals surface area contributed by atoms with E-state index >= 15 is 0 Å². The van der Waals surface area contributed by atoms with Crippen LogP contribution in [0, 0.1) is 0 Å². The second-order valence-corrected chi connectivity index (χ2v) is 7.84. The standard InChI is InChI=1S/C14H12Br3ClS/c15-8-14(9-16,7-13-12(17)5-6-19-13)10-1-3-11(18)4-2-10/h1-6H,7-9H2. The highest BCUT2D eigenvalue weighted by molar-refractivity contribution is 9.10. The number of halogens is 4. The van der Waals surface area contributed by atoms with Gasteiger partial charge in [0.15, 0.2) is 0 Å². The van der Waals surface area contributed by atoms with Crippen molar-refractivity contribution in [2.45, 2.75) is 11.8 Å². The van der Waals surface area contributed by atoms with Gasteiger partial charge in [0, 0.05) is 30.4 Å². The molecular formula is C14H12Br3ClS. The Morgan fingerprint density at radius 3 is 2.16 bits per heavy atom. The van der Waals surface area contributed by atoms with E-state index < -0.39 is 0 Å². The molecular weight excluding hydrogens is 475 g/mol. The molecule has 0 spiro atoms. The number of hydrogen-bond donors (Lipinski definition) is 0. The fourth-order valence-electron chi connectivity index (χ4n) is 1.95. The third-order valence-electron chi connectivity index (χ3n) is 3.16. The molecule has 2 aromatic rings. The summed E-state index contributed by atoms with van der Waals surface area (Å²) < 4.78 is 1.19. The SMILES string of the molecule is Clc1ccc(C(CBr)(CBr)Cc2sccc2Br)cc1. The van der Waals surface area contributed by atoms with E-state index in [1.165, 1.54) is 14.9 Å². The molecule has 0 radical (unpaired) electrons. The Morgan fingerprint density at radius 1 is 1.05 bits per heavy atom. The van der Waals surface area contributed by atoms with E-state index in [0.717, 1.165) is 22.1 Å². The lowest BCUT2D eigenvalue weighted by Gasteiger charge is -2.30. The number of rotatable bonds is 5. The normalized spacial score (nSPS) is 11.8. The highest BCUT2D eigenvalue weighted by Crippen LogP contribution is 2.37. The Kier molecular flexibility index (Phi) is 5.97. The molecule has 0 aliphatic heterocycles. The topological polar surface area (TPSA) is 0 Å². The molecule has 0 fully saturated rings. The first-order chi connectivity index (χ1) is 9.11. The number of benzene rings is 1. The van der Waals surface area contributed by atoms with Crippen molar-refractivity contribution in [3.8, 4) is 0 Å². The summed E-state index contributed by atoms with van der Waals surface area (Å²) in [4.78, 5) is 1.37. The van der Waals surface area contributed by atoms with Crippen LogP contribution >= 0.6 is 70.7 Å². The molecule has 0 aliphatic rings. The van der Waals surface area contributed by atoms with Gasteiger partial charge in [-0.25, -0.2) is 0 Å². The van der Waals surface area contributed by atoms with Crippen LogP contribution in [0.1, 0.15) is 10.4 Å². The van der Waals surface area contributed by atoms with Crippen LogP contribution in [0.3, 0.4) is 0 Å². The smallest absolute Gasteiger partial charge is 0.0406 e. The summed E-state index contributed by atoms with van der Waals surface area (Å²) in [6.07, 6.45) is 0.989. The average molecular weight is 487 g/mol. The lowest BCUT2D eigenvalue weighted by molar-refractivity contribution is 0.555. The second kappa shape index (κ2) is 7.08. The van der Waals surface area contributed by atoms with E-state index in [1.807, 2.05) is 12.1 Å². The highest BCUT2D eigenvalue weighted by Gasteiger charge is 2.31. The molecule has 102 valence electrons. The summed E-state index contributed by atoms with van der Waals surface area (Å²) in [6, 6.07) is 10.3. The molecule has 0 nitrogen and oxygen atoms in total. The van der Waals surface area contributed by atoms with Crippen molar-refractivity contribution in [3.05, 3.63) is 55.6 Å². The zero-order valence-electron chi connectivity index (χ0n) is 10.0. The first kappa shape index (κ1) is 16.0. The third kappa shape index (κ3) is 3.65. The van der Waals surface area contributed by atoms with Crippen LogP contribution in [0.25, 0.3) is 0 Å². The quantitative estimate of drug-likeness (QED) is 0.426. The van der Waals surface area contributed by atoms with Crippen molar-refractivity contribution >= 4 is 70.7 Å². The van der Waals surface area contributed by atoms with Gasteiger partial charge in [0.1, 0.15) is 0 Å². The molecule has 0 atom stereocenters. The van der Waals surface area contributed by atoms with Gasteiger partial charge in [-0.1, -0.05) is 55.6 Å². The molecule has 0 amide bonds. The maximum atomic E-state index is 5.99. The summed E-state index contributed by atoms with van der Waals surface area (Å²) in [6.45, 7) is 0. The summed E-state index contributed by atoms with van der Waals surface area (Å²) in [5, 5.41) is 4.70. The zero-order valence-corrected chi connectivity index (χ0v) is 16.3. The van der Waals surface area contributed by atoms with E-state index in [1.54, 1.807) is 11.3 Å². The van der Waals surface area contributed by atoms with Crippen molar-refractivity contribution in [2.75, 3.05) is 10.7 Å². The molecule has 0 N–H and O–H groups in total. The fourth-order valence-corrected chi connectivity index (χ4v) is 5.68. The summed E-state index contributed by atoms with van der Waals surface area (Å²) in [7, 11) is 0. The molecule has 19 heavy (non-hydrogen) atoms. The molecule has 1 aromatic heterocycles. The maximum Gasteiger partial charge on any atom is 0.0406 e. The fraction of sp³-hybridized carbons (Fsp3) is 0.286. The van der Waals surface area contributed by atoms with Crippen molar-refractivity contribution < 1.29 is 0 Å². The van der Waals surface area contributed by atoms with Gasteiger partial charge in [-0.3, -0.25) is 0 Å². The van der Waals surface area contributed by atoms with Crippen LogP contribution in [-0.4, -0.2) is 10.7 Å². The van der Waals surface area contributed by atoms with Gasteiger partial charge in [0.2, 0.25) is 0 Å². The minimum Gasteiger partial charge on any atom is -0.148 e. The van der Waals surface area contributed by atoms with Gasteiger partial charge in [0.25, 0.3) is 0 Å². The van der Waals surface area contributed by atoms with E-state index in [-0.39, 0.29) is 5.41 Å². The largest absolute Gasteiger partial charge is 0.148 e. The molecule has 2 rings (SSSR count). The van der Waals surface area contributed by atoms with Crippen molar-refractivity contribution in [1.29, 1.82) is 0 Å². The summed E-state index contributed by atoms with van der Waals surface area (Å²) >= 11 is 18.8. The van der Waals surface area contributed by atoms with E-state index in [2.05, 4.69) is 71.4 Å². The van der Waals surface area contributed by atoms with Gasteiger partial charge in [-0.15, -0.1) is 11.3 Å². The molecule has 5 heteroatoms. The van der Waals surface area contributed by atoms with Gasteiger partial charge in [-0.05, 0) is 51.5 Å².